The van der Waals surface area contributed by atoms with Crippen LogP contribution in [0.5, 0.6) is 0 Å². The predicted molar refractivity (Wildman–Crippen MR) is 52.9 cm³/mol. The Labute approximate surface area is 83.0 Å². The molecule has 1 aromatic rings. The van der Waals surface area contributed by atoms with Gasteiger partial charge in [0.25, 0.3) is 0 Å². The lowest BCUT2D eigenvalue weighted by molar-refractivity contribution is 0.00566. The Bertz CT molecular complexity index is 317. The molecule has 0 bridgehead atoms. The first kappa shape index (κ1) is 10.5. The van der Waals surface area contributed by atoms with E-state index in [2.05, 4.69) is 11.3 Å². The van der Waals surface area contributed by atoms with Gasteiger partial charge in [-0.3, -0.25) is 4.79 Å². The zero-order chi connectivity index (χ0) is 10.4. The van der Waals surface area contributed by atoms with Gasteiger partial charge >= 0.3 is 0 Å². The average molecular weight is 192 g/mol. The van der Waals surface area contributed by atoms with Crippen molar-refractivity contribution in [2.24, 2.45) is 0 Å². The van der Waals surface area contributed by atoms with Crippen molar-refractivity contribution in [2.75, 3.05) is 13.9 Å². The smallest absolute Gasteiger partial charge is 0.227 e. The van der Waals surface area contributed by atoms with Crippen molar-refractivity contribution in [3.05, 3.63) is 48.2 Å². The van der Waals surface area contributed by atoms with Crippen LogP contribution in [0, 0.1) is 0 Å². The zero-order valence-corrected chi connectivity index (χ0v) is 8.03. The maximum Gasteiger partial charge on any atom is 0.227 e. The number of carbonyl (C=O) groups excluding carboxylic acids is 1. The molecule has 0 heterocycles. The highest BCUT2D eigenvalue weighted by atomic mass is 16.7. The van der Waals surface area contributed by atoms with Gasteiger partial charge < -0.3 is 9.47 Å². The molecule has 0 fully saturated rings. The molecule has 3 nitrogen and oxygen atoms in total. The van der Waals surface area contributed by atoms with E-state index in [-0.39, 0.29) is 18.3 Å². The van der Waals surface area contributed by atoms with Gasteiger partial charge in [0, 0.05) is 12.7 Å². The molecule has 0 aliphatic rings. The number of hydrogen-bond donors (Lipinski definition) is 0. The summed E-state index contributed by atoms with van der Waals surface area (Å²) in [5, 5.41) is 0. The van der Waals surface area contributed by atoms with Crippen LogP contribution in [0.25, 0.3) is 0 Å². The lowest BCUT2D eigenvalue weighted by Crippen LogP contribution is -2.07. The van der Waals surface area contributed by atoms with E-state index in [0.717, 1.165) is 0 Å². The average Bonchev–Trinajstić information content (AvgIpc) is 2.26. The third-order valence-electron chi connectivity index (χ3n) is 1.64. The first-order chi connectivity index (χ1) is 6.75. The Kier molecular flexibility index (Phi) is 3.88. The Hall–Kier alpha value is -1.61. The van der Waals surface area contributed by atoms with E-state index in [1.165, 1.54) is 7.11 Å². The van der Waals surface area contributed by atoms with Gasteiger partial charge in [0.05, 0.1) is 0 Å². The summed E-state index contributed by atoms with van der Waals surface area (Å²) >= 11 is 0. The van der Waals surface area contributed by atoms with Crippen molar-refractivity contribution < 1.29 is 14.3 Å². The lowest BCUT2D eigenvalue weighted by atomic mass is 10.1. The number of methoxy groups -OCH3 is 1. The predicted octanol–water partition coefficient (Wildman–Crippen LogP) is 2.00. The monoisotopic (exact) mass is 192 g/mol. The number of benzene rings is 1. The Morgan fingerprint density at radius 3 is 2.57 bits per heavy atom. The molecule has 3 heteroatoms. The van der Waals surface area contributed by atoms with Crippen molar-refractivity contribution in [1.29, 1.82) is 0 Å². The van der Waals surface area contributed by atoms with Gasteiger partial charge in [-0.25, -0.2) is 0 Å². The summed E-state index contributed by atoms with van der Waals surface area (Å²) in [5.74, 6) is -0.124. The SMILES string of the molecule is C=C(OCOC)C(=O)c1ccccc1. The molecule has 0 amide bonds. The summed E-state index contributed by atoms with van der Waals surface area (Å²) in [4.78, 5) is 11.6. The van der Waals surface area contributed by atoms with E-state index in [4.69, 9.17) is 4.74 Å². The van der Waals surface area contributed by atoms with Gasteiger partial charge in [0.1, 0.15) is 0 Å². The maximum atomic E-state index is 11.6. The molecular weight excluding hydrogens is 180 g/mol. The highest BCUT2D eigenvalue weighted by Gasteiger charge is 2.10. The minimum atomic E-state index is -0.220. The van der Waals surface area contributed by atoms with Gasteiger partial charge in [-0.05, 0) is 0 Å². The molecule has 1 rings (SSSR count). The third kappa shape index (κ3) is 2.71. The van der Waals surface area contributed by atoms with E-state index in [9.17, 15) is 4.79 Å². The molecule has 0 atom stereocenters. The molecule has 0 unspecified atom stereocenters. The first-order valence-electron chi connectivity index (χ1n) is 4.16. The van der Waals surface area contributed by atoms with E-state index in [1.807, 2.05) is 6.07 Å². The van der Waals surface area contributed by atoms with Crippen LogP contribution < -0.4 is 0 Å². The number of carbonyl (C=O) groups is 1. The Morgan fingerprint density at radius 1 is 1.36 bits per heavy atom. The second-order valence-corrected chi connectivity index (χ2v) is 2.67. The highest BCUT2D eigenvalue weighted by molar-refractivity contribution is 6.06. The van der Waals surface area contributed by atoms with Crippen LogP contribution in [0.2, 0.25) is 0 Å². The first-order valence-corrected chi connectivity index (χ1v) is 4.16. The molecule has 0 saturated heterocycles. The quantitative estimate of drug-likeness (QED) is 0.310. The topological polar surface area (TPSA) is 35.5 Å². The number of rotatable bonds is 5. The van der Waals surface area contributed by atoms with Gasteiger partial charge in [-0.1, -0.05) is 36.9 Å². The summed E-state index contributed by atoms with van der Waals surface area (Å²) in [5.41, 5.74) is 0.564. The zero-order valence-electron chi connectivity index (χ0n) is 8.03. The molecule has 0 aromatic heterocycles. The summed E-state index contributed by atoms with van der Waals surface area (Å²) < 4.78 is 9.60. The molecule has 0 N–H and O–H groups in total. The molecule has 0 aliphatic carbocycles. The summed E-state index contributed by atoms with van der Waals surface area (Å²) in [6.45, 7) is 3.56. The van der Waals surface area contributed by atoms with Gasteiger partial charge in [-0.15, -0.1) is 0 Å². The molecule has 1 aromatic carbocycles. The van der Waals surface area contributed by atoms with Crippen molar-refractivity contribution in [2.45, 2.75) is 0 Å². The largest absolute Gasteiger partial charge is 0.464 e. The van der Waals surface area contributed by atoms with Gasteiger partial charge in [0.2, 0.25) is 5.78 Å². The van der Waals surface area contributed by atoms with E-state index < -0.39 is 0 Å². The molecule has 0 saturated carbocycles. The van der Waals surface area contributed by atoms with Crippen LogP contribution in [0.15, 0.2) is 42.7 Å². The van der Waals surface area contributed by atoms with Crippen molar-refractivity contribution in [3.63, 3.8) is 0 Å². The second kappa shape index (κ2) is 5.19. The van der Waals surface area contributed by atoms with Gasteiger partial charge in [0.15, 0.2) is 12.6 Å². The summed E-state index contributed by atoms with van der Waals surface area (Å²) in [6, 6.07) is 8.84. The van der Waals surface area contributed by atoms with E-state index in [1.54, 1.807) is 24.3 Å². The fourth-order valence-electron chi connectivity index (χ4n) is 0.946. The molecule has 74 valence electrons. The number of Topliss-reactive ketones (excluding diaryl/α,β-unsaturated/α-hetero) is 1. The lowest BCUT2D eigenvalue weighted by Gasteiger charge is -2.06. The Balaban J connectivity index is 2.62. The van der Waals surface area contributed by atoms with Crippen molar-refractivity contribution in [3.8, 4) is 0 Å². The number of allylic oxidation sites excluding steroid dienone is 1. The van der Waals surface area contributed by atoms with Crippen molar-refractivity contribution >= 4 is 5.78 Å². The fourth-order valence-corrected chi connectivity index (χ4v) is 0.946. The van der Waals surface area contributed by atoms with Crippen LogP contribution >= 0.6 is 0 Å². The maximum absolute atomic E-state index is 11.6. The van der Waals surface area contributed by atoms with Crippen LogP contribution in [0.3, 0.4) is 0 Å². The number of ether oxygens (including phenoxy) is 2. The summed E-state index contributed by atoms with van der Waals surface area (Å²) in [6.07, 6.45) is 0. The molecule has 14 heavy (non-hydrogen) atoms. The van der Waals surface area contributed by atoms with E-state index in [0.29, 0.717) is 5.56 Å². The minimum Gasteiger partial charge on any atom is -0.464 e. The standard InChI is InChI=1S/C11H12O3/c1-9(14-8-13-2)11(12)10-6-4-3-5-7-10/h3-7H,1,8H2,2H3. The van der Waals surface area contributed by atoms with Crippen molar-refractivity contribution in [1.82, 2.24) is 0 Å². The van der Waals surface area contributed by atoms with Crippen LogP contribution in [0.4, 0.5) is 0 Å². The summed E-state index contributed by atoms with van der Waals surface area (Å²) in [7, 11) is 1.49. The van der Waals surface area contributed by atoms with Crippen LogP contribution in [-0.2, 0) is 9.47 Å². The Morgan fingerprint density at radius 2 is 2.00 bits per heavy atom. The third-order valence-corrected chi connectivity index (χ3v) is 1.64. The fraction of sp³-hybridized carbons (Fsp3) is 0.182. The molecule has 0 aliphatic heterocycles. The van der Waals surface area contributed by atoms with E-state index >= 15 is 0 Å². The van der Waals surface area contributed by atoms with Gasteiger partial charge in [-0.2, -0.15) is 0 Å². The van der Waals surface area contributed by atoms with Crippen LogP contribution in [-0.4, -0.2) is 19.7 Å². The highest BCUT2D eigenvalue weighted by Crippen LogP contribution is 2.07. The van der Waals surface area contributed by atoms with Crippen LogP contribution in [0.1, 0.15) is 10.4 Å². The number of hydrogen-bond acceptors (Lipinski definition) is 3. The number of ketones is 1. The molecule has 0 radical (unpaired) electrons. The normalized spacial score (nSPS) is 9.50. The molecule has 0 spiro atoms. The second-order valence-electron chi connectivity index (χ2n) is 2.67. The molecular formula is C11H12O3. The minimum absolute atomic E-state index is 0.0391.